The summed E-state index contributed by atoms with van der Waals surface area (Å²) in [5, 5.41) is 0.547. The fraction of sp³-hybridized carbons (Fsp3) is 0.250. The van der Waals surface area contributed by atoms with Gasteiger partial charge in [-0.3, -0.25) is 14.2 Å². The molecule has 0 saturated carbocycles. The number of hydrogen-bond donors (Lipinski definition) is 0. The molecule has 0 unspecified atom stereocenters. The van der Waals surface area contributed by atoms with Crippen LogP contribution in [0.3, 0.4) is 0 Å². The van der Waals surface area contributed by atoms with Crippen molar-refractivity contribution in [3.63, 3.8) is 0 Å². The maximum absolute atomic E-state index is 13.1. The molecule has 0 atom stereocenters. The second-order valence-corrected chi connectivity index (χ2v) is 6.08. The summed E-state index contributed by atoms with van der Waals surface area (Å²) < 4.78 is 14.5. The number of anilines is 1. The van der Waals surface area contributed by atoms with Gasteiger partial charge in [0.2, 0.25) is 5.91 Å². The molecule has 0 radical (unpaired) electrons. The number of aryl methyl sites for hydroxylation is 2. The third kappa shape index (κ3) is 3.49. The van der Waals surface area contributed by atoms with E-state index < -0.39 is 0 Å². The maximum atomic E-state index is 13.1. The summed E-state index contributed by atoms with van der Waals surface area (Å²) in [6.45, 7) is 4.47. The van der Waals surface area contributed by atoms with E-state index in [-0.39, 0.29) is 30.2 Å². The van der Waals surface area contributed by atoms with E-state index in [0.717, 1.165) is 5.56 Å². The summed E-state index contributed by atoms with van der Waals surface area (Å²) in [7, 11) is 0. The van der Waals surface area contributed by atoms with E-state index in [2.05, 4.69) is 4.98 Å². The van der Waals surface area contributed by atoms with Crippen molar-refractivity contribution < 1.29 is 9.18 Å². The second kappa shape index (κ2) is 7.47. The predicted molar refractivity (Wildman–Crippen MR) is 99.8 cm³/mol. The molecule has 3 rings (SSSR count). The van der Waals surface area contributed by atoms with Crippen molar-refractivity contribution in [3.05, 3.63) is 70.5 Å². The van der Waals surface area contributed by atoms with Crippen LogP contribution in [-0.2, 0) is 11.3 Å². The van der Waals surface area contributed by atoms with Crippen molar-refractivity contribution in [2.24, 2.45) is 0 Å². The summed E-state index contributed by atoms with van der Waals surface area (Å²) in [6.07, 6.45) is 1.64. The van der Waals surface area contributed by atoms with Crippen LogP contribution in [0.4, 0.5) is 10.1 Å². The van der Waals surface area contributed by atoms with Crippen molar-refractivity contribution in [1.82, 2.24) is 9.55 Å². The number of halogens is 1. The van der Waals surface area contributed by atoms with Crippen LogP contribution >= 0.6 is 0 Å². The first-order chi connectivity index (χ1) is 12.5. The predicted octanol–water partition coefficient (Wildman–Crippen LogP) is 3.29. The number of nitrogens with zero attached hydrogens (tertiary/aromatic N) is 3. The molecule has 1 aromatic heterocycles. The standard InChI is InChI=1S/C20H20FN3O2/c1-3-24(16-9-7-15(21)8-10-16)18(25)11-12-23-13-22-19-14(2)5-4-6-17(19)20(23)26/h4-10,13H,3,11-12H2,1-2H3. The molecule has 0 aliphatic rings. The van der Waals surface area contributed by atoms with Crippen molar-refractivity contribution >= 4 is 22.5 Å². The fourth-order valence-corrected chi connectivity index (χ4v) is 2.97. The van der Waals surface area contributed by atoms with Gasteiger partial charge in [-0.2, -0.15) is 0 Å². The summed E-state index contributed by atoms with van der Waals surface area (Å²) in [6, 6.07) is 11.3. The highest BCUT2D eigenvalue weighted by Gasteiger charge is 2.15. The molecule has 1 heterocycles. The molecule has 2 aromatic carbocycles. The Hall–Kier alpha value is -3.02. The third-order valence-corrected chi connectivity index (χ3v) is 4.38. The smallest absolute Gasteiger partial charge is 0.261 e. The zero-order valence-electron chi connectivity index (χ0n) is 14.8. The first kappa shape index (κ1) is 17.8. The first-order valence-electron chi connectivity index (χ1n) is 8.52. The Morgan fingerprint density at radius 2 is 1.92 bits per heavy atom. The molecule has 0 fully saturated rings. The zero-order valence-corrected chi connectivity index (χ0v) is 14.8. The van der Waals surface area contributed by atoms with Crippen LogP contribution in [0.15, 0.2) is 53.6 Å². The van der Waals surface area contributed by atoms with E-state index in [0.29, 0.717) is 23.1 Å². The van der Waals surface area contributed by atoms with Gasteiger partial charge in [-0.1, -0.05) is 12.1 Å². The molecule has 5 nitrogen and oxygen atoms in total. The van der Waals surface area contributed by atoms with Crippen LogP contribution in [-0.4, -0.2) is 22.0 Å². The van der Waals surface area contributed by atoms with E-state index in [9.17, 15) is 14.0 Å². The summed E-state index contributed by atoms with van der Waals surface area (Å²) in [5.74, 6) is -0.475. The lowest BCUT2D eigenvalue weighted by Gasteiger charge is -2.21. The van der Waals surface area contributed by atoms with Gasteiger partial charge in [0.1, 0.15) is 5.82 Å². The quantitative estimate of drug-likeness (QED) is 0.707. The van der Waals surface area contributed by atoms with Crippen LogP contribution in [0.5, 0.6) is 0 Å². The van der Waals surface area contributed by atoms with Crippen LogP contribution in [0.2, 0.25) is 0 Å². The van der Waals surface area contributed by atoms with Gasteiger partial charge in [0, 0.05) is 25.2 Å². The number of fused-ring (bicyclic) bond motifs is 1. The molecule has 1 amide bonds. The van der Waals surface area contributed by atoms with E-state index in [4.69, 9.17) is 0 Å². The Labute approximate surface area is 150 Å². The lowest BCUT2D eigenvalue weighted by Crippen LogP contribution is -2.32. The van der Waals surface area contributed by atoms with Gasteiger partial charge in [-0.05, 0) is 49.7 Å². The first-order valence-corrected chi connectivity index (χ1v) is 8.52. The molecular weight excluding hydrogens is 333 g/mol. The Balaban J connectivity index is 1.78. The molecular formula is C20H20FN3O2. The molecule has 0 aliphatic carbocycles. The number of benzene rings is 2. The van der Waals surface area contributed by atoms with Crippen LogP contribution in [0, 0.1) is 12.7 Å². The van der Waals surface area contributed by atoms with E-state index in [1.165, 1.54) is 23.0 Å². The van der Waals surface area contributed by atoms with Crippen LogP contribution in [0.25, 0.3) is 10.9 Å². The largest absolute Gasteiger partial charge is 0.313 e. The minimum Gasteiger partial charge on any atom is -0.313 e. The van der Waals surface area contributed by atoms with Crippen molar-refractivity contribution in [3.8, 4) is 0 Å². The van der Waals surface area contributed by atoms with Gasteiger partial charge in [0.15, 0.2) is 0 Å². The minimum atomic E-state index is -0.346. The number of hydrogen-bond acceptors (Lipinski definition) is 3. The van der Waals surface area contributed by atoms with Gasteiger partial charge >= 0.3 is 0 Å². The monoisotopic (exact) mass is 353 g/mol. The van der Waals surface area contributed by atoms with E-state index >= 15 is 0 Å². The molecule has 3 aromatic rings. The maximum Gasteiger partial charge on any atom is 0.261 e. The Morgan fingerprint density at radius 3 is 2.62 bits per heavy atom. The highest BCUT2D eigenvalue weighted by Crippen LogP contribution is 2.16. The lowest BCUT2D eigenvalue weighted by molar-refractivity contribution is -0.118. The molecule has 0 bridgehead atoms. The van der Waals surface area contributed by atoms with Crippen LogP contribution < -0.4 is 10.5 Å². The Morgan fingerprint density at radius 1 is 1.19 bits per heavy atom. The topological polar surface area (TPSA) is 55.2 Å². The average molecular weight is 353 g/mol. The van der Waals surface area contributed by atoms with Crippen molar-refractivity contribution in [2.45, 2.75) is 26.8 Å². The van der Waals surface area contributed by atoms with E-state index in [1.54, 1.807) is 23.1 Å². The number of carbonyl (C=O) groups excluding carboxylic acids is 1. The third-order valence-electron chi connectivity index (χ3n) is 4.38. The highest BCUT2D eigenvalue weighted by molar-refractivity contribution is 5.93. The van der Waals surface area contributed by atoms with Gasteiger partial charge in [-0.15, -0.1) is 0 Å². The molecule has 0 saturated heterocycles. The van der Waals surface area contributed by atoms with Crippen molar-refractivity contribution in [2.75, 3.05) is 11.4 Å². The molecule has 6 heteroatoms. The zero-order chi connectivity index (χ0) is 18.7. The van der Waals surface area contributed by atoms with Gasteiger partial charge in [0.25, 0.3) is 5.56 Å². The van der Waals surface area contributed by atoms with Gasteiger partial charge < -0.3 is 4.90 Å². The van der Waals surface area contributed by atoms with Gasteiger partial charge in [-0.25, -0.2) is 9.37 Å². The van der Waals surface area contributed by atoms with Crippen LogP contribution in [0.1, 0.15) is 18.9 Å². The molecule has 0 N–H and O–H groups in total. The fourth-order valence-electron chi connectivity index (χ4n) is 2.97. The lowest BCUT2D eigenvalue weighted by atomic mass is 10.1. The number of carbonyl (C=O) groups is 1. The summed E-state index contributed by atoms with van der Waals surface area (Å²) >= 11 is 0. The van der Waals surface area contributed by atoms with Crippen molar-refractivity contribution in [1.29, 1.82) is 0 Å². The molecule has 0 aliphatic heterocycles. The summed E-state index contributed by atoms with van der Waals surface area (Å²) in [4.78, 5) is 31.1. The number of para-hydroxylation sites is 1. The average Bonchev–Trinajstić information content (AvgIpc) is 2.64. The normalized spacial score (nSPS) is 10.9. The highest BCUT2D eigenvalue weighted by atomic mass is 19.1. The second-order valence-electron chi connectivity index (χ2n) is 6.08. The van der Waals surface area contributed by atoms with Gasteiger partial charge in [0.05, 0.1) is 17.2 Å². The van der Waals surface area contributed by atoms with E-state index in [1.807, 2.05) is 26.0 Å². The minimum absolute atomic E-state index is 0.129. The summed E-state index contributed by atoms with van der Waals surface area (Å²) in [5.41, 5.74) is 2.10. The number of amides is 1. The SMILES string of the molecule is CCN(C(=O)CCn1cnc2c(C)cccc2c1=O)c1ccc(F)cc1. The number of aromatic nitrogens is 2. The molecule has 0 spiro atoms. The Bertz CT molecular complexity index is 996. The molecule has 26 heavy (non-hydrogen) atoms. The number of rotatable bonds is 5. The molecule has 134 valence electrons. The Kier molecular flexibility index (Phi) is 5.11.